The Hall–Kier alpha value is -2.44. The zero-order valence-electron chi connectivity index (χ0n) is 11.0. The number of hydrogen-bond donors (Lipinski definition) is 3. The third-order valence-corrected chi connectivity index (χ3v) is 2.31. The van der Waals surface area contributed by atoms with E-state index in [9.17, 15) is 19.8 Å². The molecule has 0 aliphatic rings. The SMILES string of the molecule is CCCOC(=O)CCOC(=O)c1cc(O)c(O)c(O)c1. The molecule has 0 saturated carbocycles. The average molecular weight is 284 g/mol. The second kappa shape index (κ2) is 7.22. The molecule has 7 heteroatoms. The maximum Gasteiger partial charge on any atom is 0.338 e. The second-order valence-electron chi connectivity index (χ2n) is 3.97. The summed E-state index contributed by atoms with van der Waals surface area (Å²) in [6.45, 7) is 1.99. The highest BCUT2D eigenvalue weighted by molar-refractivity contribution is 5.91. The standard InChI is InChI=1S/C13H16O7/c1-2-4-19-11(16)3-5-20-13(18)8-6-9(14)12(17)10(15)7-8/h6-7,14-15,17H,2-5H2,1H3. The minimum atomic E-state index is -0.834. The summed E-state index contributed by atoms with van der Waals surface area (Å²) in [5.41, 5.74) is -0.139. The van der Waals surface area contributed by atoms with Crippen LogP contribution in [0.1, 0.15) is 30.1 Å². The van der Waals surface area contributed by atoms with E-state index in [1.54, 1.807) is 0 Å². The molecule has 0 bridgehead atoms. The van der Waals surface area contributed by atoms with Gasteiger partial charge in [-0.05, 0) is 18.6 Å². The van der Waals surface area contributed by atoms with Crippen molar-refractivity contribution in [2.75, 3.05) is 13.2 Å². The third-order valence-electron chi connectivity index (χ3n) is 2.31. The molecular weight excluding hydrogens is 268 g/mol. The summed E-state index contributed by atoms with van der Waals surface area (Å²) in [6.07, 6.45) is 0.624. The fourth-order valence-corrected chi connectivity index (χ4v) is 1.32. The zero-order chi connectivity index (χ0) is 15.1. The van der Waals surface area contributed by atoms with Gasteiger partial charge in [-0.3, -0.25) is 4.79 Å². The third kappa shape index (κ3) is 4.34. The first-order valence-corrected chi connectivity index (χ1v) is 6.03. The van der Waals surface area contributed by atoms with Crippen LogP contribution in [0.15, 0.2) is 12.1 Å². The molecule has 20 heavy (non-hydrogen) atoms. The Morgan fingerprint density at radius 2 is 1.65 bits per heavy atom. The number of carbonyl (C=O) groups is 2. The number of ether oxygens (including phenoxy) is 2. The van der Waals surface area contributed by atoms with Gasteiger partial charge in [0.05, 0.1) is 18.6 Å². The van der Waals surface area contributed by atoms with E-state index in [1.807, 2.05) is 6.92 Å². The monoisotopic (exact) mass is 284 g/mol. The number of rotatable bonds is 6. The van der Waals surface area contributed by atoms with E-state index in [4.69, 9.17) is 14.6 Å². The van der Waals surface area contributed by atoms with Gasteiger partial charge in [0.2, 0.25) is 0 Å². The Bertz CT molecular complexity index is 472. The fraction of sp³-hybridized carbons (Fsp3) is 0.385. The average Bonchev–Trinajstić information content (AvgIpc) is 2.41. The number of aromatic hydroxyl groups is 3. The van der Waals surface area contributed by atoms with Gasteiger partial charge in [-0.15, -0.1) is 0 Å². The van der Waals surface area contributed by atoms with Gasteiger partial charge in [0.15, 0.2) is 17.2 Å². The van der Waals surface area contributed by atoms with Gasteiger partial charge in [-0.2, -0.15) is 0 Å². The quantitative estimate of drug-likeness (QED) is 0.533. The van der Waals surface area contributed by atoms with Crippen molar-refractivity contribution < 1.29 is 34.4 Å². The van der Waals surface area contributed by atoms with Gasteiger partial charge < -0.3 is 24.8 Å². The van der Waals surface area contributed by atoms with Gasteiger partial charge in [0.25, 0.3) is 0 Å². The van der Waals surface area contributed by atoms with E-state index < -0.39 is 29.2 Å². The minimum absolute atomic E-state index is 0.0816. The highest BCUT2D eigenvalue weighted by atomic mass is 16.5. The van der Waals surface area contributed by atoms with Crippen LogP contribution in [0.25, 0.3) is 0 Å². The molecule has 0 aliphatic heterocycles. The largest absolute Gasteiger partial charge is 0.504 e. The summed E-state index contributed by atoms with van der Waals surface area (Å²) in [4.78, 5) is 22.7. The summed E-state index contributed by atoms with van der Waals surface area (Å²) in [7, 11) is 0. The molecule has 0 fully saturated rings. The van der Waals surface area contributed by atoms with E-state index in [1.165, 1.54) is 0 Å². The summed E-state index contributed by atoms with van der Waals surface area (Å²) in [5.74, 6) is -3.31. The first-order valence-electron chi connectivity index (χ1n) is 6.03. The Morgan fingerprint density at radius 3 is 2.20 bits per heavy atom. The number of esters is 2. The van der Waals surface area contributed by atoms with E-state index in [2.05, 4.69) is 0 Å². The molecular formula is C13H16O7. The van der Waals surface area contributed by atoms with Crippen molar-refractivity contribution in [2.24, 2.45) is 0 Å². The molecule has 1 rings (SSSR count). The number of hydrogen-bond acceptors (Lipinski definition) is 7. The molecule has 7 nitrogen and oxygen atoms in total. The van der Waals surface area contributed by atoms with Crippen LogP contribution in [0.2, 0.25) is 0 Å². The van der Waals surface area contributed by atoms with Crippen LogP contribution in [0.5, 0.6) is 17.2 Å². The zero-order valence-corrected chi connectivity index (χ0v) is 11.0. The van der Waals surface area contributed by atoms with E-state index in [-0.39, 0.29) is 18.6 Å². The molecule has 110 valence electrons. The van der Waals surface area contributed by atoms with Crippen molar-refractivity contribution in [1.29, 1.82) is 0 Å². The van der Waals surface area contributed by atoms with Gasteiger partial charge in [-0.1, -0.05) is 6.92 Å². The highest BCUT2D eigenvalue weighted by Gasteiger charge is 2.15. The van der Waals surface area contributed by atoms with Crippen LogP contribution in [0, 0.1) is 0 Å². The topological polar surface area (TPSA) is 113 Å². The number of carbonyl (C=O) groups excluding carboxylic acids is 2. The molecule has 0 atom stereocenters. The van der Waals surface area contributed by atoms with Crippen LogP contribution in [-0.2, 0) is 14.3 Å². The Labute approximate surface area is 115 Å². The maximum atomic E-state index is 11.6. The molecule has 0 saturated heterocycles. The van der Waals surface area contributed by atoms with Crippen molar-refractivity contribution in [1.82, 2.24) is 0 Å². The molecule has 0 unspecified atom stereocenters. The van der Waals surface area contributed by atoms with Crippen LogP contribution >= 0.6 is 0 Å². The molecule has 0 radical (unpaired) electrons. The first-order chi connectivity index (χ1) is 9.45. The van der Waals surface area contributed by atoms with Crippen molar-refractivity contribution in [3.05, 3.63) is 17.7 Å². The van der Waals surface area contributed by atoms with Crippen LogP contribution in [0.3, 0.4) is 0 Å². The van der Waals surface area contributed by atoms with Gasteiger partial charge >= 0.3 is 11.9 Å². The second-order valence-corrected chi connectivity index (χ2v) is 3.97. The molecule has 1 aromatic rings. The first kappa shape index (κ1) is 15.6. The summed E-state index contributed by atoms with van der Waals surface area (Å²) >= 11 is 0. The Kier molecular flexibility index (Phi) is 5.64. The smallest absolute Gasteiger partial charge is 0.338 e. The Balaban J connectivity index is 2.49. The van der Waals surface area contributed by atoms with Crippen LogP contribution in [0.4, 0.5) is 0 Å². The molecule has 1 aromatic carbocycles. The van der Waals surface area contributed by atoms with Crippen molar-refractivity contribution in [2.45, 2.75) is 19.8 Å². The molecule has 0 aliphatic carbocycles. The van der Waals surface area contributed by atoms with E-state index in [0.717, 1.165) is 12.1 Å². The maximum absolute atomic E-state index is 11.6. The number of benzene rings is 1. The van der Waals surface area contributed by atoms with Crippen molar-refractivity contribution >= 4 is 11.9 Å². The minimum Gasteiger partial charge on any atom is -0.504 e. The lowest BCUT2D eigenvalue weighted by Crippen LogP contribution is -2.12. The summed E-state index contributed by atoms with van der Waals surface area (Å²) < 4.78 is 9.57. The molecule has 0 amide bonds. The predicted octanol–water partition coefficient (Wildman–Crippen LogP) is 1.30. The predicted molar refractivity (Wildman–Crippen MR) is 67.6 cm³/mol. The van der Waals surface area contributed by atoms with Crippen LogP contribution < -0.4 is 0 Å². The lowest BCUT2D eigenvalue weighted by molar-refractivity contribution is -0.144. The lowest BCUT2D eigenvalue weighted by Gasteiger charge is -2.07. The van der Waals surface area contributed by atoms with Crippen LogP contribution in [-0.4, -0.2) is 40.5 Å². The molecule has 3 N–H and O–H groups in total. The van der Waals surface area contributed by atoms with Crippen molar-refractivity contribution in [3.8, 4) is 17.2 Å². The summed E-state index contributed by atoms with van der Waals surface area (Å²) in [5, 5.41) is 27.6. The number of phenols is 3. The van der Waals surface area contributed by atoms with E-state index >= 15 is 0 Å². The fourth-order valence-electron chi connectivity index (χ4n) is 1.32. The molecule has 0 spiro atoms. The molecule has 0 aromatic heterocycles. The van der Waals surface area contributed by atoms with Gasteiger partial charge in [0.1, 0.15) is 6.61 Å². The normalized spacial score (nSPS) is 10.1. The number of phenolic OH excluding ortho intramolecular Hbond substituents is 3. The Morgan fingerprint density at radius 1 is 1.05 bits per heavy atom. The molecule has 0 heterocycles. The van der Waals surface area contributed by atoms with Gasteiger partial charge in [-0.25, -0.2) is 4.79 Å². The summed E-state index contributed by atoms with van der Waals surface area (Å²) in [6, 6.07) is 1.90. The highest BCUT2D eigenvalue weighted by Crippen LogP contribution is 2.35. The van der Waals surface area contributed by atoms with Gasteiger partial charge in [0, 0.05) is 0 Å². The van der Waals surface area contributed by atoms with E-state index in [0.29, 0.717) is 13.0 Å². The lowest BCUT2D eigenvalue weighted by atomic mass is 10.2. The van der Waals surface area contributed by atoms with Crippen molar-refractivity contribution in [3.63, 3.8) is 0 Å².